The van der Waals surface area contributed by atoms with E-state index in [9.17, 15) is 9.18 Å². The van der Waals surface area contributed by atoms with Gasteiger partial charge in [-0.15, -0.1) is 0 Å². The normalized spacial score (nSPS) is 26.6. The maximum absolute atomic E-state index is 13.0. The lowest BCUT2D eigenvalue weighted by atomic mass is 9.89. The van der Waals surface area contributed by atoms with Crippen molar-refractivity contribution in [2.75, 3.05) is 12.4 Å². The van der Waals surface area contributed by atoms with E-state index in [2.05, 4.69) is 12.2 Å². The Kier molecular flexibility index (Phi) is 4.63. The van der Waals surface area contributed by atoms with Gasteiger partial charge in [-0.05, 0) is 49.4 Å². The molecule has 1 aromatic carbocycles. The Morgan fingerprint density at radius 1 is 1.30 bits per heavy atom. The van der Waals surface area contributed by atoms with Crippen LogP contribution >= 0.6 is 0 Å². The van der Waals surface area contributed by atoms with Crippen molar-refractivity contribution in [1.29, 1.82) is 0 Å². The van der Waals surface area contributed by atoms with Crippen molar-refractivity contribution in [3.05, 3.63) is 30.1 Å². The molecule has 2 unspecified atom stereocenters. The Morgan fingerprint density at radius 2 is 2.00 bits per heavy atom. The van der Waals surface area contributed by atoms with Crippen molar-refractivity contribution >= 4 is 11.7 Å². The number of esters is 1. The molecular weight excluding hydrogens is 257 g/mol. The summed E-state index contributed by atoms with van der Waals surface area (Å²) in [5.41, 5.74) is 0.0727. The number of carbonyl (C=O) groups excluding carboxylic acids is 1. The number of carbonyl (C=O) groups is 1. The molecule has 0 saturated heterocycles. The fourth-order valence-electron chi connectivity index (χ4n) is 2.90. The molecule has 1 N–H and O–H groups in total. The number of methoxy groups -OCH3 is 1. The van der Waals surface area contributed by atoms with Crippen LogP contribution in [0.15, 0.2) is 24.3 Å². The van der Waals surface area contributed by atoms with Crippen LogP contribution in [0.3, 0.4) is 0 Å². The molecule has 1 saturated carbocycles. The highest BCUT2D eigenvalue weighted by Crippen LogP contribution is 2.34. The average molecular weight is 279 g/mol. The lowest BCUT2D eigenvalue weighted by Crippen LogP contribution is -2.46. The van der Waals surface area contributed by atoms with E-state index in [-0.39, 0.29) is 11.8 Å². The van der Waals surface area contributed by atoms with Crippen molar-refractivity contribution in [1.82, 2.24) is 0 Å². The summed E-state index contributed by atoms with van der Waals surface area (Å²) in [7, 11) is 1.42. The van der Waals surface area contributed by atoms with Gasteiger partial charge >= 0.3 is 5.97 Å². The van der Waals surface area contributed by atoms with Gasteiger partial charge in [-0.3, -0.25) is 0 Å². The van der Waals surface area contributed by atoms with Gasteiger partial charge in [0, 0.05) is 5.69 Å². The molecule has 0 bridgehead atoms. The van der Waals surface area contributed by atoms with Crippen LogP contribution in [0.5, 0.6) is 0 Å². The zero-order chi connectivity index (χ0) is 14.6. The van der Waals surface area contributed by atoms with Gasteiger partial charge in [0.1, 0.15) is 11.4 Å². The number of anilines is 1. The van der Waals surface area contributed by atoms with Gasteiger partial charge in [-0.25, -0.2) is 9.18 Å². The minimum Gasteiger partial charge on any atom is -0.467 e. The van der Waals surface area contributed by atoms with Crippen LogP contribution in [0, 0.1) is 11.7 Å². The second-order valence-electron chi connectivity index (χ2n) is 5.74. The minimum absolute atomic E-state index is 0.226. The first-order valence-electron chi connectivity index (χ1n) is 7.18. The molecule has 4 heteroatoms. The number of rotatable bonds is 3. The van der Waals surface area contributed by atoms with E-state index in [1.54, 1.807) is 12.1 Å². The van der Waals surface area contributed by atoms with Crippen molar-refractivity contribution < 1.29 is 13.9 Å². The number of ether oxygens (including phenoxy) is 1. The Hall–Kier alpha value is -1.58. The van der Waals surface area contributed by atoms with Crippen LogP contribution in [0.4, 0.5) is 10.1 Å². The lowest BCUT2D eigenvalue weighted by molar-refractivity contribution is -0.146. The monoisotopic (exact) mass is 279 g/mol. The summed E-state index contributed by atoms with van der Waals surface area (Å²) in [4.78, 5) is 12.3. The molecule has 1 aromatic rings. The van der Waals surface area contributed by atoms with Crippen molar-refractivity contribution in [2.45, 2.75) is 44.6 Å². The first-order chi connectivity index (χ1) is 9.55. The average Bonchev–Trinajstić information content (AvgIpc) is 2.64. The maximum Gasteiger partial charge on any atom is 0.331 e. The highest BCUT2D eigenvalue weighted by atomic mass is 19.1. The molecule has 110 valence electrons. The van der Waals surface area contributed by atoms with Crippen LogP contribution < -0.4 is 5.32 Å². The SMILES string of the molecule is COC(=O)C1(Nc2ccc(F)cc2)CCCC(C)CC1. The predicted molar refractivity (Wildman–Crippen MR) is 77.0 cm³/mol. The molecule has 2 rings (SSSR count). The lowest BCUT2D eigenvalue weighted by Gasteiger charge is -2.32. The van der Waals surface area contributed by atoms with Gasteiger partial charge in [-0.2, -0.15) is 0 Å². The summed E-state index contributed by atoms with van der Waals surface area (Å²) in [5.74, 6) is 0.115. The van der Waals surface area contributed by atoms with E-state index < -0.39 is 5.54 Å². The standard InChI is InChI=1S/C16H22FNO2/c1-12-4-3-10-16(11-9-12,15(19)20-2)18-14-7-5-13(17)6-8-14/h5-8,12,18H,3-4,9-11H2,1-2H3. The molecule has 0 aliphatic heterocycles. The summed E-state index contributed by atoms with van der Waals surface area (Å²) in [6, 6.07) is 6.11. The van der Waals surface area contributed by atoms with Gasteiger partial charge in [0.2, 0.25) is 0 Å². The van der Waals surface area contributed by atoms with E-state index in [4.69, 9.17) is 4.74 Å². The van der Waals surface area contributed by atoms with Crippen LogP contribution in [-0.4, -0.2) is 18.6 Å². The van der Waals surface area contributed by atoms with Crippen molar-refractivity contribution in [2.24, 2.45) is 5.92 Å². The quantitative estimate of drug-likeness (QED) is 0.676. The first kappa shape index (κ1) is 14.8. The zero-order valence-corrected chi connectivity index (χ0v) is 12.1. The molecule has 0 aromatic heterocycles. The third-order valence-electron chi connectivity index (χ3n) is 4.17. The number of hydrogen-bond acceptors (Lipinski definition) is 3. The van der Waals surface area contributed by atoms with Gasteiger partial charge in [0.15, 0.2) is 0 Å². The fourth-order valence-corrected chi connectivity index (χ4v) is 2.90. The van der Waals surface area contributed by atoms with Crippen LogP contribution in [0.2, 0.25) is 0 Å². The van der Waals surface area contributed by atoms with Gasteiger partial charge in [0.25, 0.3) is 0 Å². The molecular formula is C16H22FNO2. The Bertz CT molecular complexity index is 460. The van der Waals surface area contributed by atoms with E-state index in [0.717, 1.165) is 37.8 Å². The van der Waals surface area contributed by atoms with Crippen LogP contribution in [0.25, 0.3) is 0 Å². The molecule has 0 heterocycles. The smallest absolute Gasteiger partial charge is 0.331 e. The molecule has 0 radical (unpaired) electrons. The number of benzene rings is 1. The highest BCUT2D eigenvalue weighted by molar-refractivity contribution is 5.84. The third kappa shape index (κ3) is 3.30. The minimum atomic E-state index is -0.683. The first-order valence-corrected chi connectivity index (χ1v) is 7.18. The third-order valence-corrected chi connectivity index (χ3v) is 4.17. The maximum atomic E-state index is 13.0. The number of halogens is 1. The Morgan fingerprint density at radius 3 is 2.65 bits per heavy atom. The topological polar surface area (TPSA) is 38.3 Å². The molecule has 1 aliphatic rings. The molecule has 0 amide bonds. The van der Waals surface area contributed by atoms with Gasteiger partial charge < -0.3 is 10.1 Å². The molecule has 20 heavy (non-hydrogen) atoms. The fraction of sp³-hybridized carbons (Fsp3) is 0.562. The Labute approximate surface area is 119 Å². The largest absolute Gasteiger partial charge is 0.467 e. The van der Waals surface area contributed by atoms with E-state index in [1.165, 1.54) is 19.2 Å². The second kappa shape index (κ2) is 6.25. The predicted octanol–water partition coefficient (Wildman–Crippen LogP) is 3.75. The van der Waals surface area contributed by atoms with E-state index in [1.807, 2.05) is 0 Å². The van der Waals surface area contributed by atoms with Crippen LogP contribution in [-0.2, 0) is 9.53 Å². The number of hydrogen-bond donors (Lipinski definition) is 1. The Balaban J connectivity index is 2.22. The summed E-state index contributed by atoms with van der Waals surface area (Å²) < 4.78 is 18.0. The molecule has 1 fully saturated rings. The molecule has 1 aliphatic carbocycles. The highest BCUT2D eigenvalue weighted by Gasteiger charge is 2.40. The molecule has 2 atom stereocenters. The summed E-state index contributed by atoms with van der Waals surface area (Å²) in [6.07, 6.45) is 4.61. The van der Waals surface area contributed by atoms with E-state index in [0.29, 0.717) is 5.92 Å². The van der Waals surface area contributed by atoms with Crippen LogP contribution in [0.1, 0.15) is 39.0 Å². The van der Waals surface area contributed by atoms with E-state index >= 15 is 0 Å². The molecule has 3 nitrogen and oxygen atoms in total. The van der Waals surface area contributed by atoms with Gasteiger partial charge in [0.05, 0.1) is 7.11 Å². The summed E-state index contributed by atoms with van der Waals surface area (Å²) >= 11 is 0. The number of nitrogens with one attached hydrogen (secondary N) is 1. The van der Waals surface area contributed by atoms with Gasteiger partial charge in [-0.1, -0.05) is 19.8 Å². The summed E-state index contributed by atoms with van der Waals surface area (Å²) in [5, 5.41) is 3.29. The zero-order valence-electron chi connectivity index (χ0n) is 12.1. The van der Waals surface area contributed by atoms with Crippen molar-refractivity contribution in [3.63, 3.8) is 0 Å². The summed E-state index contributed by atoms with van der Waals surface area (Å²) in [6.45, 7) is 2.21. The molecule has 0 spiro atoms. The second-order valence-corrected chi connectivity index (χ2v) is 5.74. The van der Waals surface area contributed by atoms with Crippen molar-refractivity contribution in [3.8, 4) is 0 Å².